The summed E-state index contributed by atoms with van der Waals surface area (Å²) in [7, 11) is 0. The SMILES string of the molecule is CC(C)c1ccc(C(Cl)Cc2ccsc2)cc1. The largest absolute Gasteiger partial charge is 0.152 e. The first-order valence-electron chi connectivity index (χ1n) is 5.92. The lowest BCUT2D eigenvalue weighted by Gasteiger charge is -2.11. The van der Waals surface area contributed by atoms with Gasteiger partial charge in [0.25, 0.3) is 0 Å². The third-order valence-electron chi connectivity index (χ3n) is 2.96. The van der Waals surface area contributed by atoms with Crippen LogP contribution in [0.4, 0.5) is 0 Å². The van der Waals surface area contributed by atoms with Crippen molar-refractivity contribution >= 4 is 22.9 Å². The van der Waals surface area contributed by atoms with Crippen LogP contribution in [-0.2, 0) is 6.42 Å². The summed E-state index contributed by atoms with van der Waals surface area (Å²) >= 11 is 8.16. The van der Waals surface area contributed by atoms with E-state index in [4.69, 9.17) is 11.6 Å². The van der Waals surface area contributed by atoms with Gasteiger partial charge >= 0.3 is 0 Å². The minimum Gasteiger partial charge on any atom is -0.152 e. The highest BCUT2D eigenvalue weighted by atomic mass is 35.5. The Bertz CT molecular complexity index is 442. The van der Waals surface area contributed by atoms with Crippen LogP contribution in [-0.4, -0.2) is 0 Å². The Morgan fingerprint density at radius 1 is 1.06 bits per heavy atom. The molecule has 0 bridgehead atoms. The molecule has 0 aliphatic carbocycles. The molecule has 1 heterocycles. The number of hydrogen-bond donors (Lipinski definition) is 0. The van der Waals surface area contributed by atoms with Gasteiger partial charge in [-0.2, -0.15) is 11.3 Å². The Kier molecular flexibility index (Phi) is 4.25. The van der Waals surface area contributed by atoms with Crippen LogP contribution in [0.3, 0.4) is 0 Å². The van der Waals surface area contributed by atoms with Crippen LogP contribution in [0.2, 0.25) is 0 Å². The lowest BCUT2D eigenvalue weighted by atomic mass is 9.99. The number of halogens is 1. The molecule has 1 atom stereocenters. The van der Waals surface area contributed by atoms with Crippen molar-refractivity contribution in [3.63, 3.8) is 0 Å². The van der Waals surface area contributed by atoms with Gasteiger partial charge < -0.3 is 0 Å². The highest BCUT2D eigenvalue weighted by molar-refractivity contribution is 7.07. The quantitative estimate of drug-likeness (QED) is 0.649. The topological polar surface area (TPSA) is 0 Å². The maximum absolute atomic E-state index is 6.43. The minimum absolute atomic E-state index is 0.0748. The fourth-order valence-electron chi connectivity index (χ4n) is 1.82. The second-order valence-electron chi connectivity index (χ2n) is 4.62. The van der Waals surface area contributed by atoms with E-state index in [0.29, 0.717) is 5.92 Å². The molecule has 1 unspecified atom stereocenters. The zero-order valence-electron chi connectivity index (χ0n) is 10.2. The average Bonchev–Trinajstić information content (AvgIpc) is 2.82. The summed E-state index contributed by atoms with van der Waals surface area (Å²) in [5.74, 6) is 0.578. The Morgan fingerprint density at radius 2 is 1.71 bits per heavy atom. The molecule has 2 aromatic rings. The van der Waals surface area contributed by atoms with Crippen LogP contribution < -0.4 is 0 Å². The molecule has 0 saturated heterocycles. The molecule has 0 aliphatic rings. The number of hydrogen-bond acceptors (Lipinski definition) is 1. The Morgan fingerprint density at radius 3 is 2.24 bits per heavy atom. The van der Waals surface area contributed by atoms with E-state index in [-0.39, 0.29) is 5.38 Å². The lowest BCUT2D eigenvalue weighted by molar-refractivity contribution is 0.860. The summed E-state index contributed by atoms with van der Waals surface area (Å²) in [5.41, 5.74) is 3.90. The predicted molar refractivity (Wildman–Crippen MR) is 77.1 cm³/mol. The van der Waals surface area contributed by atoms with Crippen LogP contribution >= 0.6 is 22.9 Å². The van der Waals surface area contributed by atoms with Crippen molar-refractivity contribution in [1.82, 2.24) is 0 Å². The van der Waals surface area contributed by atoms with Gasteiger partial charge in [-0.1, -0.05) is 38.1 Å². The van der Waals surface area contributed by atoms with Crippen molar-refractivity contribution in [2.24, 2.45) is 0 Å². The van der Waals surface area contributed by atoms with Crippen molar-refractivity contribution < 1.29 is 0 Å². The molecule has 0 fully saturated rings. The molecule has 0 amide bonds. The van der Waals surface area contributed by atoms with E-state index in [0.717, 1.165) is 6.42 Å². The monoisotopic (exact) mass is 264 g/mol. The molecular weight excluding hydrogens is 248 g/mol. The molecule has 1 aromatic carbocycles. The number of rotatable bonds is 4. The van der Waals surface area contributed by atoms with Crippen molar-refractivity contribution in [3.05, 3.63) is 57.8 Å². The third-order valence-corrected chi connectivity index (χ3v) is 4.10. The van der Waals surface area contributed by atoms with Crippen molar-refractivity contribution in [3.8, 4) is 0 Å². The number of benzene rings is 1. The van der Waals surface area contributed by atoms with Crippen molar-refractivity contribution in [2.45, 2.75) is 31.6 Å². The summed E-state index contributed by atoms with van der Waals surface area (Å²) in [6, 6.07) is 10.8. The first kappa shape index (κ1) is 12.7. The van der Waals surface area contributed by atoms with Gasteiger partial charge in [-0.25, -0.2) is 0 Å². The minimum atomic E-state index is 0.0748. The highest BCUT2D eigenvalue weighted by Gasteiger charge is 2.09. The summed E-state index contributed by atoms with van der Waals surface area (Å²) in [5, 5.41) is 4.34. The first-order chi connectivity index (χ1) is 8.16. The van der Waals surface area contributed by atoms with E-state index >= 15 is 0 Å². The fourth-order valence-corrected chi connectivity index (χ4v) is 2.83. The van der Waals surface area contributed by atoms with Crippen LogP contribution in [0.1, 0.15) is 41.8 Å². The normalized spacial score (nSPS) is 12.9. The van der Waals surface area contributed by atoms with Crippen LogP contribution in [0.15, 0.2) is 41.1 Å². The first-order valence-corrected chi connectivity index (χ1v) is 7.29. The van der Waals surface area contributed by atoms with Crippen LogP contribution in [0.25, 0.3) is 0 Å². The summed E-state index contributed by atoms with van der Waals surface area (Å²) in [4.78, 5) is 0. The molecule has 1 aromatic heterocycles. The fraction of sp³-hybridized carbons (Fsp3) is 0.333. The molecule has 0 spiro atoms. The zero-order chi connectivity index (χ0) is 12.3. The molecule has 0 nitrogen and oxygen atoms in total. The number of thiophene rings is 1. The smallest absolute Gasteiger partial charge is 0.0625 e. The van der Waals surface area contributed by atoms with E-state index < -0.39 is 0 Å². The van der Waals surface area contributed by atoms with Gasteiger partial charge in [0.15, 0.2) is 0 Å². The lowest BCUT2D eigenvalue weighted by Crippen LogP contribution is -1.95. The molecule has 17 heavy (non-hydrogen) atoms. The van der Waals surface area contributed by atoms with E-state index in [1.807, 2.05) is 0 Å². The van der Waals surface area contributed by atoms with Crippen molar-refractivity contribution in [2.75, 3.05) is 0 Å². The summed E-state index contributed by atoms with van der Waals surface area (Å²) in [6.45, 7) is 4.41. The van der Waals surface area contributed by atoms with Gasteiger partial charge in [-0.15, -0.1) is 11.6 Å². The predicted octanol–water partition coefficient (Wildman–Crippen LogP) is 5.39. The van der Waals surface area contributed by atoms with E-state index in [1.165, 1.54) is 16.7 Å². The van der Waals surface area contributed by atoms with Gasteiger partial charge in [0, 0.05) is 0 Å². The van der Waals surface area contributed by atoms with Gasteiger partial charge in [0.05, 0.1) is 5.38 Å². The maximum Gasteiger partial charge on any atom is 0.0625 e. The van der Waals surface area contributed by atoms with Gasteiger partial charge in [0.1, 0.15) is 0 Å². The summed E-state index contributed by atoms with van der Waals surface area (Å²) < 4.78 is 0. The average molecular weight is 265 g/mol. The third kappa shape index (κ3) is 3.34. The standard InChI is InChI=1S/C15H17ClS/c1-11(2)13-3-5-14(6-4-13)15(16)9-12-7-8-17-10-12/h3-8,10-11,15H,9H2,1-2H3. The highest BCUT2D eigenvalue weighted by Crippen LogP contribution is 2.27. The van der Waals surface area contributed by atoms with Gasteiger partial charge in [0.2, 0.25) is 0 Å². The van der Waals surface area contributed by atoms with E-state index in [1.54, 1.807) is 11.3 Å². The molecule has 0 aliphatic heterocycles. The zero-order valence-corrected chi connectivity index (χ0v) is 11.8. The van der Waals surface area contributed by atoms with Crippen molar-refractivity contribution in [1.29, 1.82) is 0 Å². The van der Waals surface area contributed by atoms with Gasteiger partial charge in [-0.3, -0.25) is 0 Å². The molecule has 2 rings (SSSR count). The van der Waals surface area contributed by atoms with Crippen LogP contribution in [0, 0.1) is 0 Å². The Labute approximate surface area is 112 Å². The van der Waals surface area contributed by atoms with Gasteiger partial charge in [-0.05, 0) is 45.9 Å². The van der Waals surface area contributed by atoms with Crippen LogP contribution in [0.5, 0.6) is 0 Å². The number of alkyl halides is 1. The summed E-state index contributed by atoms with van der Waals surface area (Å²) in [6.07, 6.45) is 0.909. The molecule has 90 valence electrons. The van der Waals surface area contributed by atoms with E-state index in [9.17, 15) is 0 Å². The molecule has 0 N–H and O–H groups in total. The Hall–Kier alpha value is -0.790. The second-order valence-corrected chi connectivity index (χ2v) is 5.93. The molecule has 2 heteroatoms. The maximum atomic E-state index is 6.43. The second kappa shape index (κ2) is 5.70. The molecule has 0 saturated carbocycles. The molecule has 0 radical (unpaired) electrons. The Balaban J connectivity index is 2.06. The van der Waals surface area contributed by atoms with E-state index in [2.05, 4.69) is 54.9 Å². The molecular formula is C15H17ClS.